The molecule has 3 unspecified atom stereocenters. The van der Waals surface area contributed by atoms with Gasteiger partial charge in [0.15, 0.2) is 0 Å². The van der Waals surface area contributed by atoms with Gasteiger partial charge in [-0.3, -0.25) is 0 Å². The number of rotatable bonds is 8. The lowest BCUT2D eigenvalue weighted by atomic mass is 9.85. The molecule has 0 aromatic heterocycles. The lowest BCUT2D eigenvalue weighted by molar-refractivity contribution is 0.00669. The lowest BCUT2D eigenvalue weighted by Crippen LogP contribution is -2.41. The topological polar surface area (TPSA) is 61.7 Å². The third-order valence-corrected chi connectivity index (χ3v) is 4.93. The van der Waals surface area contributed by atoms with Gasteiger partial charge >= 0.3 is 0 Å². The van der Waals surface area contributed by atoms with E-state index in [1.165, 1.54) is 0 Å². The minimum atomic E-state index is -0.551. The molecule has 0 aromatic carbocycles. The fourth-order valence-electron chi connectivity index (χ4n) is 3.33. The van der Waals surface area contributed by atoms with Gasteiger partial charge in [0.25, 0.3) is 0 Å². The van der Waals surface area contributed by atoms with Crippen LogP contribution in [0.25, 0.3) is 0 Å². The molecule has 2 aliphatic rings. The van der Waals surface area contributed by atoms with E-state index in [9.17, 15) is 10.2 Å². The molecular weight excluding hydrogens is 266 g/mol. The molecule has 21 heavy (non-hydrogen) atoms. The number of ether oxygens (including phenoxy) is 1. The van der Waals surface area contributed by atoms with Crippen molar-refractivity contribution in [3.63, 3.8) is 0 Å². The molecule has 2 aliphatic carbocycles. The summed E-state index contributed by atoms with van der Waals surface area (Å²) in [5.74, 6) is 1.25. The molecule has 3 N–H and O–H groups in total. The van der Waals surface area contributed by atoms with Gasteiger partial charge in [-0.05, 0) is 37.5 Å². The van der Waals surface area contributed by atoms with Crippen molar-refractivity contribution in [2.24, 2.45) is 11.8 Å². The smallest absolute Gasteiger partial charge is 0.0897 e. The van der Waals surface area contributed by atoms with Gasteiger partial charge in [-0.15, -0.1) is 0 Å². The maximum absolute atomic E-state index is 10.2. The van der Waals surface area contributed by atoms with Crippen molar-refractivity contribution in [3.8, 4) is 0 Å². The summed E-state index contributed by atoms with van der Waals surface area (Å²) < 4.78 is 5.67. The monoisotopic (exact) mass is 297 g/mol. The van der Waals surface area contributed by atoms with E-state index < -0.39 is 11.7 Å². The predicted molar refractivity (Wildman–Crippen MR) is 84.1 cm³/mol. The SMILES string of the molecule is CC1CC=CCC1COCC(O)CNCC1(O)CCCC1. The molecule has 0 bridgehead atoms. The van der Waals surface area contributed by atoms with Crippen molar-refractivity contribution >= 4 is 0 Å². The van der Waals surface area contributed by atoms with Gasteiger partial charge in [-0.1, -0.05) is 31.9 Å². The van der Waals surface area contributed by atoms with Crippen molar-refractivity contribution < 1.29 is 14.9 Å². The van der Waals surface area contributed by atoms with Gasteiger partial charge in [0.05, 0.1) is 24.9 Å². The highest BCUT2D eigenvalue weighted by Gasteiger charge is 2.30. The Labute approximate surface area is 128 Å². The van der Waals surface area contributed by atoms with Crippen molar-refractivity contribution in [2.45, 2.75) is 57.2 Å². The van der Waals surface area contributed by atoms with Crippen molar-refractivity contribution in [1.82, 2.24) is 5.32 Å². The first kappa shape index (κ1) is 16.9. The number of allylic oxidation sites excluding steroid dienone is 2. The summed E-state index contributed by atoms with van der Waals surface area (Å²) in [6, 6.07) is 0. The minimum Gasteiger partial charge on any atom is -0.389 e. The first-order valence-corrected chi connectivity index (χ1v) is 8.43. The Morgan fingerprint density at radius 3 is 2.71 bits per heavy atom. The number of aliphatic hydroxyl groups excluding tert-OH is 1. The third-order valence-electron chi connectivity index (χ3n) is 4.93. The van der Waals surface area contributed by atoms with Crippen LogP contribution in [0.4, 0.5) is 0 Å². The second-order valence-electron chi connectivity index (χ2n) is 6.93. The number of hydrogen-bond donors (Lipinski definition) is 3. The molecule has 3 atom stereocenters. The molecule has 4 heteroatoms. The summed E-state index contributed by atoms with van der Waals surface area (Å²) in [6.45, 7) is 4.43. The maximum atomic E-state index is 10.2. The summed E-state index contributed by atoms with van der Waals surface area (Å²) in [4.78, 5) is 0. The van der Waals surface area contributed by atoms with Crippen LogP contribution in [-0.4, -0.2) is 48.2 Å². The summed E-state index contributed by atoms with van der Waals surface area (Å²) in [7, 11) is 0. The molecule has 4 nitrogen and oxygen atoms in total. The lowest BCUT2D eigenvalue weighted by Gasteiger charge is -2.26. The Morgan fingerprint density at radius 1 is 1.29 bits per heavy atom. The molecule has 0 heterocycles. The minimum absolute atomic E-state index is 0.373. The summed E-state index contributed by atoms with van der Waals surface area (Å²) >= 11 is 0. The average molecular weight is 297 g/mol. The maximum Gasteiger partial charge on any atom is 0.0897 e. The summed E-state index contributed by atoms with van der Waals surface area (Å²) in [5, 5.41) is 23.3. The van der Waals surface area contributed by atoms with Gasteiger partial charge in [0.2, 0.25) is 0 Å². The van der Waals surface area contributed by atoms with Gasteiger partial charge in [0.1, 0.15) is 0 Å². The second-order valence-corrected chi connectivity index (χ2v) is 6.93. The van der Waals surface area contributed by atoms with Crippen molar-refractivity contribution in [1.29, 1.82) is 0 Å². The molecule has 0 radical (unpaired) electrons. The second kappa shape index (κ2) is 8.28. The molecule has 0 spiro atoms. The predicted octanol–water partition coefficient (Wildman–Crippen LogP) is 1.86. The number of aliphatic hydroxyl groups is 2. The zero-order chi connectivity index (χ0) is 15.1. The molecule has 2 rings (SSSR count). The van der Waals surface area contributed by atoms with E-state index in [2.05, 4.69) is 24.4 Å². The van der Waals surface area contributed by atoms with E-state index in [4.69, 9.17) is 4.74 Å². The Balaban J connectivity index is 1.53. The first-order valence-electron chi connectivity index (χ1n) is 8.43. The van der Waals surface area contributed by atoms with Crippen LogP contribution in [0, 0.1) is 11.8 Å². The van der Waals surface area contributed by atoms with Crippen molar-refractivity contribution in [3.05, 3.63) is 12.2 Å². The Morgan fingerprint density at radius 2 is 2.00 bits per heavy atom. The zero-order valence-electron chi connectivity index (χ0n) is 13.3. The Kier molecular flexibility index (Phi) is 6.68. The zero-order valence-corrected chi connectivity index (χ0v) is 13.3. The molecule has 1 fully saturated rings. The molecule has 1 saturated carbocycles. The molecule has 0 aliphatic heterocycles. The van der Waals surface area contributed by atoms with E-state index in [0.717, 1.165) is 45.1 Å². The van der Waals surface area contributed by atoms with Crippen LogP contribution in [0.1, 0.15) is 45.4 Å². The van der Waals surface area contributed by atoms with E-state index in [1.807, 2.05) is 0 Å². The number of nitrogens with one attached hydrogen (secondary N) is 1. The van der Waals surface area contributed by atoms with Crippen LogP contribution >= 0.6 is 0 Å². The molecule has 0 aromatic rings. The van der Waals surface area contributed by atoms with Gasteiger partial charge in [-0.25, -0.2) is 0 Å². The Hall–Kier alpha value is -0.420. The van der Waals surface area contributed by atoms with Crippen LogP contribution in [0.5, 0.6) is 0 Å². The quantitative estimate of drug-likeness (QED) is 0.599. The Bertz CT molecular complexity index is 326. The molecule has 122 valence electrons. The highest BCUT2D eigenvalue weighted by molar-refractivity contribution is 4.93. The van der Waals surface area contributed by atoms with E-state index in [-0.39, 0.29) is 0 Å². The van der Waals surface area contributed by atoms with Crippen LogP contribution in [-0.2, 0) is 4.74 Å². The summed E-state index contributed by atoms with van der Waals surface area (Å²) in [6.07, 6.45) is 10.2. The largest absolute Gasteiger partial charge is 0.389 e. The fraction of sp³-hybridized carbons (Fsp3) is 0.882. The van der Waals surface area contributed by atoms with Gasteiger partial charge in [0, 0.05) is 13.1 Å². The van der Waals surface area contributed by atoms with Crippen LogP contribution in [0.2, 0.25) is 0 Å². The number of hydrogen-bond acceptors (Lipinski definition) is 4. The third kappa shape index (κ3) is 5.70. The standard InChI is InChI=1S/C17H31NO3/c1-14-6-2-3-7-15(14)11-21-12-16(19)10-18-13-17(20)8-4-5-9-17/h2-3,14-16,18-20H,4-13H2,1H3. The highest BCUT2D eigenvalue weighted by atomic mass is 16.5. The van der Waals surface area contributed by atoms with Gasteiger partial charge < -0.3 is 20.3 Å². The van der Waals surface area contributed by atoms with Crippen LogP contribution in [0.3, 0.4) is 0 Å². The van der Waals surface area contributed by atoms with Crippen molar-refractivity contribution in [2.75, 3.05) is 26.3 Å². The first-order chi connectivity index (χ1) is 10.1. The molecular formula is C17H31NO3. The van der Waals surface area contributed by atoms with Gasteiger partial charge in [-0.2, -0.15) is 0 Å². The fourth-order valence-corrected chi connectivity index (χ4v) is 3.33. The van der Waals surface area contributed by atoms with E-state index in [1.54, 1.807) is 0 Å². The highest BCUT2D eigenvalue weighted by Crippen LogP contribution is 2.28. The van der Waals surface area contributed by atoms with Crippen LogP contribution < -0.4 is 5.32 Å². The normalized spacial score (nSPS) is 29.7. The van der Waals surface area contributed by atoms with E-state index >= 15 is 0 Å². The average Bonchev–Trinajstić information content (AvgIpc) is 2.88. The molecule has 0 saturated heterocycles. The van der Waals surface area contributed by atoms with E-state index in [0.29, 0.717) is 31.5 Å². The molecule has 0 amide bonds. The van der Waals surface area contributed by atoms with Crippen LogP contribution in [0.15, 0.2) is 12.2 Å². The summed E-state index contributed by atoms with van der Waals surface area (Å²) in [5.41, 5.74) is -0.551.